The van der Waals surface area contributed by atoms with Gasteiger partial charge in [-0.3, -0.25) is 0 Å². The largest absolute Gasteiger partial charge is 0.368 e. The van der Waals surface area contributed by atoms with Crippen molar-refractivity contribution in [1.82, 2.24) is 5.32 Å². The summed E-state index contributed by atoms with van der Waals surface area (Å²) in [6.07, 6.45) is 11.6. The Balaban J connectivity index is 0.000000151. The second-order valence-corrected chi connectivity index (χ2v) is 2.96. The number of hydrogen-bond acceptors (Lipinski definition) is 2. The lowest BCUT2D eigenvalue weighted by Gasteiger charge is -1.90. The van der Waals surface area contributed by atoms with Crippen molar-refractivity contribution in [3.05, 3.63) is 72.6 Å². The number of benzene rings is 1. The number of hydrogen-bond donors (Lipinski definition) is 2. The standard InChI is InChI=1S/C7H9N.C6H7N/c8-6-7-4-2-1-3-5-7;1-2-4-6-7-5-3-1/h1-5H,6,8H2;1-7H. The van der Waals surface area contributed by atoms with Gasteiger partial charge >= 0.3 is 0 Å². The van der Waals surface area contributed by atoms with Crippen molar-refractivity contribution >= 4 is 0 Å². The average Bonchev–Trinajstić information content (AvgIpc) is 2.63. The third kappa shape index (κ3) is 5.49. The normalized spacial score (nSPS) is 12.3. The van der Waals surface area contributed by atoms with Crippen LogP contribution in [0.2, 0.25) is 0 Å². The molecule has 1 aliphatic heterocycles. The summed E-state index contributed by atoms with van der Waals surface area (Å²) in [5.41, 5.74) is 6.54. The van der Waals surface area contributed by atoms with E-state index in [1.165, 1.54) is 5.56 Å². The second kappa shape index (κ2) is 7.59. The highest BCUT2D eigenvalue weighted by Crippen LogP contribution is 1.94. The van der Waals surface area contributed by atoms with Crippen LogP contribution in [-0.4, -0.2) is 0 Å². The molecule has 1 aliphatic rings. The fourth-order valence-electron chi connectivity index (χ4n) is 1.02. The predicted molar refractivity (Wildman–Crippen MR) is 64.9 cm³/mol. The summed E-state index contributed by atoms with van der Waals surface area (Å²) in [7, 11) is 0. The molecule has 3 N–H and O–H groups in total. The van der Waals surface area contributed by atoms with Crippen molar-refractivity contribution in [2.24, 2.45) is 5.73 Å². The molecule has 0 aliphatic carbocycles. The van der Waals surface area contributed by atoms with Crippen LogP contribution in [0.3, 0.4) is 0 Å². The van der Waals surface area contributed by atoms with Crippen molar-refractivity contribution < 1.29 is 0 Å². The van der Waals surface area contributed by atoms with Crippen LogP contribution in [0, 0.1) is 0 Å². The zero-order valence-electron chi connectivity index (χ0n) is 8.64. The van der Waals surface area contributed by atoms with Crippen molar-refractivity contribution in [2.75, 3.05) is 0 Å². The molecule has 15 heavy (non-hydrogen) atoms. The van der Waals surface area contributed by atoms with Gasteiger partial charge in [0.05, 0.1) is 0 Å². The molecule has 0 amide bonds. The Morgan fingerprint density at radius 2 is 1.47 bits per heavy atom. The van der Waals surface area contributed by atoms with Gasteiger partial charge in [0.1, 0.15) is 0 Å². The minimum atomic E-state index is 0.640. The van der Waals surface area contributed by atoms with Gasteiger partial charge < -0.3 is 11.1 Å². The SMILES string of the molecule is C1=CC=CNC=C1.NCc1ccccc1. The topological polar surface area (TPSA) is 38.0 Å². The Labute approximate surface area is 90.8 Å². The van der Waals surface area contributed by atoms with Gasteiger partial charge in [0.2, 0.25) is 0 Å². The molecule has 0 radical (unpaired) electrons. The summed E-state index contributed by atoms with van der Waals surface area (Å²) in [6, 6.07) is 9.99. The number of rotatable bonds is 1. The van der Waals surface area contributed by atoms with Crippen LogP contribution < -0.4 is 11.1 Å². The second-order valence-electron chi connectivity index (χ2n) is 2.96. The Hall–Kier alpha value is -1.80. The van der Waals surface area contributed by atoms with Crippen LogP contribution in [0.1, 0.15) is 5.56 Å². The lowest BCUT2D eigenvalue weighted by molar-refractivity contribution is 1.07. The zero-order valence-corrected chi connectivity index (χ0v) is 8.64. The molecule has 0 fully saturated rings. The van der Waals surface area contributed by atoms with Gasteiger partial charge in [-0.1, -0.05) is 42.5 Å². The van der Waals surface area contributed by atoms with Gasteiger partial charge in [-0.25, -0.2) is 0 Å². The Bertz CT molecular complexity index is 323. The fraction of sp³-hybridized carbons (Fsp3) is 0.0769. The number of nitrogens with one attached hydrogen (secondary N) is 1. The maximum absolute atomic E-state index is 5.35. The van der Waals surface area contributed by atoms with Crippen LogP contribution in [0.15, 0.2) is 67.0 Å². The lowest BCUT2D eigenvalue weighted by Crippen LogP contribution is -1.94. The van der Waals surface area contributed by atoms with Gasteiger partial charge in [-0.05, 0) is 17.7 Å². The first-order chi connectivity index (χ1) is 7.43. The molecule has 0 spiro atoms. The molecule has 1 aromatic rings. The minimum Gasteiger partial charge on any atom is -0.368 e. The van der Waals surface area contributed by atoms with Gasteiger partial charge in [0.25, 0.3) is 0 Å². The molecule has 0 saturated carbocycles. The first kappa shape index (κ1) is 11.3. The summed E-state index contributed by atoms with van der Waals surface area (Å²) in [4.78, 5) is 0. The highest BCUT2D eigenvalue weighted by Gasteiger charge is 1.80. The van der Waals surface area contributed by atoms with E-state index in [9.17, 15) is 0 Å². The summed E-state index contributed by atoms with van der Waals surface area (Å²) in [6.45, 7) is 0.640. The van der Waals surface area contributed by atoms with E-state index >= 15 is 0 Å². The molecule has 2 rings (SSSR count). The first-order valence-corrected chi connectivity index (χ1v) is 4.92. The quantitative estimate of drug-likeness (QED) is 0.730. The summed E-state index contributed by atoms with van der Waals surface area (Å²) >= 11 is 0. The fourth-order valence-corrected chi connectivity index (χ4v) is 1.02. The highest BCUT2D eigenvalue weighted by molar-refractivity contribution is 5.14. The Morgan fingerprint density at radius 3 is 1.93 bits per heavy atom. The first-order valence-electron chi connectivity index (χ1n) is 4.92. The maximum Gasteiger partial charge on any atom is 0.0178 e. The smallest absolute Gasteiger partial charge is 0.0178 e. The van der Waals surface area contributed by atoms with Gasteiger partial charge in [0.15, 0.2) is 0 Å². The monoisotopic (exact) mass is 200 g/mol. The average molecular weight is 200 g/mol. The third-order valence-corrected chi connectivity index (χ3v) is 1.80. The summed E-state index contributed by atoms with van der Waals surface area (Å²) in [5.74, 6) is 0. The highest BCUT2D eigenvalue weighted by atomic mass is 14.8. The molecule has 1 aromatic carbocycles. The molecule has 0 unspecified atom stereocenters. The van der Waals surface area contributed by atoms with Crippen LogP contribution >= 0.6 is 0 Å². The number of nitrogens with two attached hydrogens (primary N) is 1. The minimum absolute atomic E-state index is 0.640. The van der Waals surface area contributed by atoms with Crippen molar-refractivity contribution in [1.29, 1.82) is 0 Å². The Morgan fingerprint density at radius 1 is 0.867 bits per heavy atom. The third-order valence-electron chi connectivity index (χ3n) is 1.80. The van der Waals surface area contributed by atoms with Crippen molar-refractivity contribution in [3.8, 4) is 0 Å². The molecule has 2 heteroatoms. The molecule has 0 atom stereocenters. The van der Waals surface area contributed by atoms with Gasteiger partial charge in [0, 0.05) is 18.9 Å². The van der Waals surface area contributed by atoms with E-state index in [4.69, 9.17) is 5.73 Å². The van der Waals surface area contributed by atoms with Crippen LogP contribution in [-0.2, 0) is 6.54 Å². The molecule has 2 nitrogen and oxygen atoms in total. The van der Waals surface area contributed by atoms with Gasteiger partial charge in [-0.15, -0.1) is 0 Å². The lowest BCUT2D eigenvalue weighted by atomic mass is 10.2. The Kier molecular flexibility index (Phi) is 5.71. The molecule has 0 aromatic heterocycles. The van der Waals surface area contributed by atoms with Crippen molar-refractivity contribution in [2.45, 2.75) is 6.54 Å². The summed E-state index contributed by atoms with van der Waals surface area (Å²) < 4.78 is 0. The predicted octanol–water partition coefficient (Wildman–Crippen LogP) is 2.32. The van der Waals surface area contributed by atoms with E-state index in [1.807, 2.05) is 67.0 Å². The van der Waals surface area contributed by atoms with E-state index in [2.05, 4.69) is 5.32 Å². The van der Waals surface area contributed by atoms with E-state index < -0.39 is 0 Å². The molecular formula is C13H16N2. The van der Waals surface area contributed by atoms with Crippen LogP contribution in [0.25, 0.3) is 0 Å². The molecule has 0 bridgehead atoms. The van der Waals surface area contributed by atoms with Gasteiger partial charge in [-0.2, -0.15) is 0 Å². The summed E-state index contributed by atoms with van der Waals surface area (Å²) in [5, 5.41) is 2.92. The van der Waals surface area contributed by atoms with Crippen LogP contribution in [0.5, 0.6) is 0 Å². The van der Waals surface area contributed by atoms with E-state index in [-0.39, 0.29) is 0 Å². The van der Waals surface area contributed by atoms with Crippen molar-refractivity contribution in [3.63, 3.8) is 0 Å². The van der Waals surface area contributed by atoms with E-state index in [0.717, 1.165) is 0 Å². The van der Waals surface area contributed by atoms with E-state index in [0.29, 0.717) is 6.54 Å². The number of allylic oxidation sites excluding steroid dienone is 4. The molecule has 0 saturated heterocycles. The molecule has 1 heterocycles. The van der Waals surface area contributed by atoms with E-state index in [1.54, 1.807) is 0 Å². The molecular weight excluding hydrogens is 184 g/mol. The maximum atomic E-state index is 5.35. The zero-order chi connectivity index (χ0) is 10.8. The molecule has 78 valence electrons. The van der Waals surface area contributed by atoms with Crippen LogP contribution in [0.4, 0.5) is 0 Å².